The van der Waals surface area contributed by atoms with Crippen LogP contribution in [0.5, 0.6) is 0 Å². The lowest BCUT2D eigenvalue weighted by Crippen LogP contribution is -2.10. The van der Waals surface area contributed by atoms with Crippen molar-refractivity contribution in [2.75, 3.05) is 5.32 Å². The van der Waals surface area contributed by atoms with Crippen LogP contribution >= 0.6 is 11.3 Å². The first-order chi connectivity index (χ1) is 11.4. The van der Waals surface area contributed by atoms with E-state index >= 15 is 0 Å². The highest BCUT2D eigenvalue weighted by Crippen LogP contribution is 2.29. The summed E-state index contributed by atoms with van der Waals surface area (Å²) < 4.78 is 0. The standard InChI is InChI=1S/C19H27N3OS/c1-5-6-7-8-9-16(23)20-18-22-21-17(24-18)14-10-12-15(13-11-14)19(2,3)4/h10-13H,5-9H2,1-4H3,(H,20,22,23). The van der Waals surface area contributed by atoms with Crippen molar-refractivity contribution < 1.29 is 4.79 Å². The predicted molar refractivity (Wildman–Crippen MR) is 101 cm³/mol. The lowest BCUT2D eigenvalue weighted by atomic mass is 9.87. The second-order valence-corrected chi connectivity index (χ2v) is 8.08. The van der Waals surface area contributed by atoms with Crippen molar-refractivity contribution in [1.29, 1.82) is 0 Å². The van der Waals surface area contributed by atoms with Crippen LogP contribution in [0.1, 0.15) is 65.4 Å². The van der Waals surface area contributed by atoms with Gasteiger partial charge in [0.1, 0.15) is 5.01 Å². The fourth-order valence-corrected chi connectivity index (χ4v) is 3.16. The smallest absolute Gasteiger partial charge is 0.226 e. The molecule has 0 saturated heterocycles. The number of unbranched alkanes of at least 4 members (excludes halogenated alkanes) is 3. The number of hydrogen-bond donors (Lipinski definition) is 1. The average Bonchev–Trinajstić information content (AvgIpc) is 2.99. The maximum Gasteiger partial charge on any atom is 0.226 e. The van der Waals surface area contributed by atoms with Gasteiger partial charge >= 0.3 is 0 Å². The summed E-state index contributed by atoms with van der Waals surface area (Å²) in [5, 5.41) is 12.5. The molecular weight excluding hydrogens is 318 g/mol. The summed E-state index contributed by atoms with van der Waals surface area (Å²) in [6.07, 6.45) is 4.94. The zero-order valence-electron chi connectivity index (χ0n) is 15.1. The molecule has 2 aromatic rings. The van der Waals surface area contributed by atoms with E-state index in [1.165, 1.54) is 29.7 Å². The molecule has 1 aromatic carbocycles. The normalized spacial score (nSPS) is 11.5. The van der Waals surface area contributed by atoms with Gasteiger partial charge in [0.2, 0.25) is 11.0 Å². The number of nitrogens with zero attached hydrogens (tertiary/aromatic N) is 2. The van der Waals surface area contributed by atoms with E-state index in [0.29, 0.717) is 11.6 Å². The van der Waals surface area contributed by atoms with Gasteiger partial charge in [-0.25, -0.2) is 0 Å². The summed E-state index contributed by atoms with van der Waals surface area (Å²) in [6, 6.07) is 8.39. The topological polar surface area (TPSA) is 54.9 Å². The van der Waals surface area contributed by atoms with E-state index in [1.807, 2.05) is 0 Å². The van der Waals surface area contributed by atoms with Crippen LogP contribution in [0.25, 0.3) is 10.6 Å². The number of nitrogens with one attached hydrogen (secondary N) is 1. The zero-order chi connectivity index (χ0) is 17.6. The second-order valence-electron chi connectivity index (χ2n) is 7.10. The summed E-state index contributed by atoms with van der Waals surface area (Å²) >= 11 is 1.42. The number of hydrogen-bond acceptors (Lipinski definition) is 4. The average molecular weight is 346 g/mol. The molecule has 0 unspecified atom stereocenters. The molecule has 0 bridgehead atoms. The molecule has 0 fully saturated rings. The Bertz CT molecular complexity index is 656. The minimum atomic E-state index is 0.0249. The van der Waals surface area contributed by atoms with E-state index in [1.54, 1.807) is 0 Å². The minimum Gasteiger partial charge on any atom is -0.301 e. The van der Waals surface area contributed by atoms with Gasteiger partial charge in [-0.1, -0.05) is 82.6 Å². The van der Waals surface area contributed by atoms with E-state index in [-0.39, 0.29) is 11.3 Å². The van der Waals surface area contributed by atoms with E-state index < -0.39 is 0 Å². The number of amides is 1. The van der Waals surface area contributed by atoms with Crippen molar-refractivity contribution in [2.45, 2.75) is 65.2 Å². The van der Waals surface area contributed by atoms with Gasteiger partial charge in [-0.15, -0.1) is 10.2 Å². The molecule has 0 radical (unpaired) electrons. The third-order valence-electron chi connectivity index (χ3n) is 3.93. The van der Waals surface area contributed by atoms with Gasteiger partial charge in [-0.3, -0.25) is 4.79 Å². The Hall–Kier alpha value is -1.75. The van der Waals surface area contributed by atoms with Crippen LogP contribution in [0.4, 0.5) is 5.13 Å². The van der Waals surface area contributed by atoms with Gasteiger partial charge < -0.3 is 5.32 Å². The van der Waals surface area contributed by atoms with Crippen LogP contribution in [0, 0.1) is 0 Å². The Morgan fingerprint density at radius 2 is 1.79 bits per heavy atom. The molecule has 24 heavy (non-hydrogen) atoms. The molecule has 0 aliphatic heterocycles. The molecule has 1 amide bonds. The van der Waals surface area contributed by atoms with E-state index in [0.717, 1.165) is 23.4 Å². The quantitative estimate of drug-likeness (QED) is 0.682. The third-order valence-corrected chi connectivity index (χ3v) is 4.81. The molecule has 1 N–H and O–H groups in total. The SMILES string of the molecule is CCCCCCC(=O)Nc1nnc(-c2ccc(C(C)(C)C)cc2)s1. The fraction of sp³-hybridized carbons (Fsp3) is 0.526. The van der Waals surface area contributed by atoms with Gasteiger partial charge in [0, 0.05) is 12.0 Å². The third kappa shape index (κ3) is 5.41. The molecule has 4 nitrogen and oxygen atoms in total. The molecule has 130 valence electrons. The van der Waals surface area contributed by atoms with E-state index in [2.05, 4.69) is 67.5 Å². The number of benzene rings is 1. The van der Waals surface area contributed by atoms with Gasteiger partial charge in [-0.05, 0) is 17.4 Å². The molecular formula is C19H27N3OS. The van der Waals surface area contributed by atoms with Crippen molar-refractivity contribution in [3.63, 3.8) is 0 Å². The molecule has 0 aliphatic rings. The molecule has 5 heteroatoms. The minimum absolute atomic E-state index is 0.0249. The summed E-state index contributed by atoms with van der Waals surface area (Å²) in [6.45, 7) is 8.75. The Morgan fingerprint density at radius 1 is 1.08 bits per heavy atom. The Kier molecular flexibility index (Phi) is 6.49. The number of aromatic nitrogens is 2. The summed E-state index contributed by atoms with van der Waals surface area (Å²) in [4.78, 5) is 11.9. The number of anilines is 1. The van der Waals surface area contributed by atoms with E-state index in [9.17, 15) is 4.79 Å². The maximum atomic E-state index is 11.9. The van der Waals surface area contributed by atoms with Crippen LogP contribution in [0.2, 0.25) is 0 Å². The van der Waals surface area contributed by atoms with Gasteiger partial charge in [0.25, 0.3) is 0 Å². The van der Waals surface area contributed by atoms with Crippen molar-refractivity contribution in [1.82, 2.24) is 10.2 Å². The Balaban J connectivity index is 1.94. The van der Waals surface area contributed by atoms with E-state index in [4.69, 9.17) is 0 Å². The van der Waals surface area contributed by atoms with Crippen molar-refractivity contribution in [3.8, 4) is 10.6 Å². The highest BCUT2D eigenvalue weighted by atomic mass is 32.1. The zero-order valence-corrected chi connectivity index (χ0v) is 15.9. The lowest BCUT2D eigenvalue weighted by molar-refractivity contribution is -0.116. The van der Waals surface area contributed by atoms with Crippen LogP contribution < -0.4 is 5.32 Å². The molecule has 2 rings (SSSR count). The van der Waals surface area contributed by atoms with Gasteiger partial charge in [0.15, 0.2) is 0 Å². The first kappa shape index (κ1) is 18.6. The van der Waals surface area contributed by atoms with Crippen molar-refractivity contribution in [2.24, 2.45) is 0 Å². The Labute approximate surface area is 148 Å². The lowest BCUT2D eigenvalue weighted by Gasteiger charge is -2.18. The molecule has 1 aromatic heterocycles. The second kappa shape index (κ2) is 8.38. The Morgan fingerprint density at radius 3 is 2.42 bits per heavy atom. The first-order valence-electron chi connectivity index (χ1n) is 8.64. The number of carbonyl (C=O) groups is 1. The van der Waals surface area contributed by atoms with Crippen LogP contribution in [-0.2, 0) is 10.2 Å². The first-order valence-corrected chi connectivity index (χ1v) is 9.46. The van der Waals surface area contributed by atoms with Crippen LogP contribution in [0.3, 0.4) is 0 Å². The summed E-state index contributed by atoms with van der Waals surface area (Å²) in [5.74, 6) is 0.0249. The van der Waals surface area contributed by atoms with Crippen LogP contribution in [-0.4, -0.2) is 16.1 Å². The molecule has 1 heterocycles. The summed E-state index contributed by atoms with van der Waals surface area (Å²) in [7, 11) is 0. The van der Waals surface area contributed by atoms with Crippen molar-refractivity contribution in [3.05, 3.63) is 29.8 Å². The fourth-order valence-electron chi connectivity index (χ4n) is 2.40. The predicted octanol–water partition coefficient (Wildman–Crippen LogP) is 5.41. The van der Waals surface area contributed by atoms with Crippen LogP contribution in [0.15, 0.2) is 24.3 Å². The molecule has 0 atom stereocenters. The number of carbonyl (C=O) groups excluding carboxylic acids is 1. The van der Waals surface area contributed by atoms with Crippen molar-refractivity contribution >= 4 is 22.4 Å². The maximum absolute atomic E-state index is 11.9. The monoisotopic (exact) mass is 345 g/mol. The highest BCUT2D eigenvalue weighted by molar-refractivity contribution is 7.18. The highest BCUT2D eigenvalue weighted by Gasteiger charge is 2.14. The number of rotatable bonds is 7. The largest absolute Gasteiger partial charge is 0.301 e. The summed E-state index contributed by atoms with van der Waals surface area (Å²) in [5.41, 5.74) is 2.46. The van der Waals surface area contributed by atoms with Gasteiger partial charge in [0.05, 0.1) is 0 Å². The molecule has 0 aliphatic carbocycles. The van der Waals surface area contributed by atoms with Gasteiger partial charge in [-0.2, -0.15) is 0 Å². The molecule has 0 saturated carbocycles. The molecule has 0 spiro atoms.